The van der Waals surface area contributed by atoms with Gasteiger partial charge in [0.15, 0.2) is 0 Å². The van der Waals surface area contributed by atoms with E-state index < -0.39 is 0 Å². The molecule has 0 fully saturated rings. The second kappa shape index (κ2) is 12.1. The van der Waals surface area contributed by atoms with Gasteiger partial charge in [-0.3, -0.25) is 0 Å². The van der Waals surface area contributed by atoms with Crippen LogP contribution in [0.4, 0.5) is 39.8 Å². The smallest absolute Gasteiger partial charge is 0.226 e. The van der Waals surface area contributed by atoms with E-state index in [1.54, 1.807) is 0 Å². The number of para-hydroxylation sites is 2. The fourth-order valence-electron chi connectivity index (χ4n) is 8.58. The van der Waals surface area contributed by atoms with Crippen LogP contribution in [0.15, 0.2) is 163 Å². The largest absolute Gasteiger partial charge is 0.335 e. The first-order chi connectivity index (χ1) is 24.4. The third kappa shape index (κ3) is 5.05. The molecule has 2 heterocycles. The van der Waals surface area contributed by atoms with Crippen molar-refractivity contribution >= 4 is 57.5 Å². The summed E-state index contributed by atoms with van der Waals surface area (Å²) in [6.45, 7) is 9.18. The molecule has 244 valence electrons. The third-order valence-electron chi connectivity index (χ3n) is 10.9. The zero-order valence-corrected chi connectivity index (χ0v) is 29.3. The van der Waals surface area contributed by atoms with Crippen LogP contribution in [-0.4, -0.2) is 12.8 Å². The van der Waals surface area contributed by atoms with Gasteiger partial charge in [0, 0.05) is 39.8 Å². The maximum atomic E-state index is 2.63. The first-order valence-electron chi connectivity index (χ1n) is 18.0. The highest BCUT2D eigenvalue weighted by Gasteiger charge is 2.49. The van der Waals surface area contributed by atoms with E-state index in [1.807, 2.05) is 0 Å². The molecule has 5 aromatic carbocycles. The van der Waals surface area contributed by atoms with Gasteiger partial charge in [-0.2, -0.15) is 0 Å². The van der Waals surface area contributed by atoms with Crippen LogP contribution in [0.5, 0.6) is 0 Å². The van der Waals surface area contributed by atoms with Crippen molar-refractivity contribution in [2.45, 2.75) is 46.0 Å². The molecule has 3 unspecified atom stereocenters. The van der Waals surface area contributed by atoms with Crippen molar-refractivity contribution in [3.63, 3.8) is 0 Å². The highest BCUT2D eigenvalue weighted by molar-refractivity contribution is 6.91. The van der Waals surface area contributed by atoms with Gasteiger partial charge in [-0.15, -0.1) is 0 Å². The molecule has 0 saturated carbocycles. The van der Waals surface area contributed by atoms with Crippen molar-refractivity contribution in [3.05, 3.63) is 174 Å². The van der Waals surface area contributed by atoms with Crippen LogP contribution in [0.2, 0.25) is 5.82 Å². The lowest BCUT2D eigenvalue weighted by Crippen LogP contribution is -2.62. The average Bonchev–Trinajstić information content (AvgIpc) is 3.14. The summed E-state index contributed by atoms with van der Waals surface area (Å²) < 4.78 is 0. The average molecular weight is 648 g/mol. The molecule has 0 radical (unpaired) electrons. The van der Waals surface area contributed by atoms with Gasteiger partial charge in [-0.25, -0.2) is 0 Å². The number of hydrogen-bond donors (Lipinski definition) is 0. The Bertz CT molecular complexity index is 2170. The van der Waals surface area contributed by atoms with E-state index in [0.717, 1.165) is 23.5 Å². The van der Waals surface area contributed by atoms with E-state index in [-0.39, 0.29) is 18.6 Å². The van der Waals surface area contributed by atoms with Gasteiger partial charge in [0.05, 0.1) is 11.7 Å². The van der Waals surface area contributed by atoms with Gasteiger partial charge < -0.3 is 14.7 Å². The molecule has 0 amide bonds. The van der Waals surface area contributed by atoms with E-state index in [2.05, 4.69) is 194 Å². The number of fused-ring (bicyclic) bond motifs is 4. The van der Waals surface area contributed by atoms with E-state index in [1.165, 1.54) is 56.1 Å². The maximum absolute atomic E-state index is 2.63. The molecule has 2 aliphatic carbocycles. The summed E-state index contributed by atoms with van der Waals surface area (Å²) in [5, 5.41) is 0. The monoisotopic (exact) mass is 647 g/mol. The molecule has 9 rings (SSSR count). The van der Waals surface area contributed by atoms with Crippen molar-refractivity contribution in [1.29, 1.82) is 0 Å². The highest BCUT2D eigenvalue weighted by Crippen LogP contribution is 2.50. The number of anilines is 7. The van der Waals surface area contributed by atoms with Gasteiger partial charge in [0.2, 0.25) is 6.71 Å². The molecule has 4 heteroatoms. The number of aryl methyl sites for hydroxylation is 2. The molecule has 3 nitrogen and oxygen atoms in total. The van der Waals surface area contributed by atoms with Crippen LogP contribution in [0.25, 0.3) is 0 Å². The molecule has 4 aliphatic rings. The molecule has 0 spiro atoms. The minimum atomic E-state index is 0.165. The molecular weight excluding hydrogens is 605 g/mol. The molecule has 50 heavy (non-hydrogen) atoms. The minimum absolute atomic E-state index is 0.165. The molecular formula is C46H42BN3. The fourth-order valence-corrected chi connectivity index (χ4v) is 8.58. The highest BCUT2D eigenvalue weighted by atomic mass is 15.2. The molecule has 5 aromatic rings. The standard InChI is InChI=1S/C46H42BN3/c1-31-15-21-37(22-16-31)49-42-25-19-33(3)27-40(42)47-41-28-34(4)20-26-43(41)50(38-23-17-32(2)18-24-38)45-30-39(29-44(49)46(45)47)48(35-11-7-5-8-12-35)36-13-9-6-10-14-36/h5-17,19-30,32,40,42H,18H2,1-4H3. The minimum Gasteiger partial charge on any atom is -0.335 e. The predicted molar refractivity (Wildman–Crippen MR) is 214 cm³/mol. The Labute approximate surface area is 297 Å². The zero-order valence-electron chi connectivity index (χ0n) is 29.3. The lowest BCUT2D eigenvalue weighted by Gasteiger charge is -2.51. The fraction of sp³-hybridized carbons (Fsp3) is 0.174. The summed E-state index contributed by atoms with van der Waals surface area (Å²) in [6.07, 6.45) is 15.5. The zero-order chi connectivity index (χ0) is 33.9. The second-order valence-electron chi connectivity index (χ2n) is 14.5. The van der Waals surface area contributed by atoms with Gasteiger partial charge in [-0.05, 0) is 111 Å². The molecule has 2 aliphatic heterocycles. The van der Waals surface area contributed by atoms with Crippen molar-refractivity contribution in [1.82, 2.24) is 0 Å². The predicted octanol–water partition coefficient (Wildman–Crippen LogP) is 10.7. The van der Waals surface area contributed by atoms with Crippen LogP contribution in [0.1, 0.15) is 31.4 Å². The summed E-state index contributed by atoms with van der Waals surface area (Å²) in [4.78, 5) is 7.61. The number of benzene rings is 5. The number of hydrogen-bond acceptors (Lipinski definition) is 3. The summed E-state index contributed by atoms with van der Waals surface area (Å²) in [7, 11) is 0. The van der Waals surface area contributed by atoms with Crippen molar-refractivity contribution in [2.24, 2.45) is 5.92 Å². The number of allylic oxidation sites excluding steroid dienone is 5. The first-order valence-corrected chi connectivity index (χ1v) is 18.0. The van der Waals surface area contributed by atoms with Gasteiger partial charge in [0.1, 0.15) is 0 Å². The van der Waals surface area contributed by atoms with Crippen molar-refractivity contribution in [2.75, 3.05) is 14.7 Å². The normalized spacial score (nSPS) is 20.1. The van der Waals surface area contributed by atoms with Crippen LogP contribution in [0.3, 0.4) is 0 Å². The second-order valence-corrected chi connectivity index (χ2v) is 14.5. The Balaban J connectivity index is 1.39. The van der Waals surface area contributed by atoms with Gasteiger partial charge >= 0.3 is 0 Å². The van der Waals surface area contributed by atoms with E-state index in [0.29, 0.717) is 5.92 Å². The van der Waals surface area contributed by atoms with Crippen molar-refractivity contribution in [3.8, 4) is 0 Å². The molecule has 0 N–H and O–H groups in total. The maximum Gasteiger partial charge on any atom is 0.226 e. The van der Waals surface area contributed by atoms with Crippen LogP contribution >= 0.6 is 0 Å². The summed E-state index contributed by atoms with van der Waals surface area (Å²) in [5.41, 5.74) is 16.4. The Kier molecular flexibility index (Phi) is 7.42. The molecule has 3 atom stereocenters. The topological polar surface area (TPSA) is 9.72 Å². The van der Waals surface area contributed by atoms with Gasteiger partial charge in [0.25, 0.3) is 0 Å². The number of nitrogens with zero attached hydrogens (tertiary/aromatic N) is 3. The summed E-state index contributed by atoms with van der Waals surface area (Å²) in [6, 6.07) is 43.0. The van der Waals surface area contributed by atoms with Crippen LogP contribution < -0.4 is 25.6 Å². The van der Waals surface area contributed by atoms with Crippen molar-refractivity contribution < 1.29 is 0 Å². The first kappa shape index (κ1) is 30.6. The van der Waals surface area contributed by atoms with E-state index in [9.17, 15) is 0 Å². The Hall–Kier alpha value is -5.48. The summed E-state index contributed by atoms with van der Waals surface area (Å²) in [5.74, 6) is 0.803. The third-order valence-corrected chi connectivity index (χ3v) is 10.9. The van der Waals surface area contributed by atoms with Crippen LogP contribution in [-0.2, 0) is 0 Å². The Morgan fingerprint density at radius 2 is 1.34 bits per heavy atom. The number of rotatable bonds is 5. The quantitative estimate of drug-likeness (QED) is 0.176. The Morgan fingerprint density at radius 3 is 2.02 bits per heavy atom. The lowest BCUT2D eigenvalue weighted by atomic mass is 9.29. The van der Waals surface area contributed by atoms with E-state index >= 15 is 0 Å². The molecule has 0 aromatic heterocycles. The summed E-state index contributed by atoms with van der Waals surface area (Å²) >= 11 is 0. The molecule has 0 bridgehead atoms. The molecule has 0 saturated heterocycles. The van der Waals surface area contributed by atoms with Gasteiger partial charge in [-0.1, -0.05) is 115 Å². The Morgan fingerprint density at radius 1 is 0.660 bits per heavy atom. The lowest BCUT2D eigenvalue weighted by molar-refractivity contribution is 0.728. The SMILES string of the molecule is CC1=CC2B3c4cc(C)ccc4N(C4=CCC(C)C=C4)c4cc(N(c5ccccc5)c5ccccc5)cc(c43)N(c3ccc(C)cc3)C2C=C1. The van der Waals surface area contributed by atoms with E-state index in [4.69, 9.17) is 0 Å². The van der Waals surface area contributed by atoms with Crippen LogP contribution in [0, 0.1) is 19.8 Å².